The van der Waals surface area contributed by atoms with Gasteiger partial charge in [0.25, 0.3) is 0 Å². The van der Waals surface area contributed by atoms with E-state index in [1.165, 1.54) is 0 Å². The number of carbonyl (C=O) groups is 1. The first-order valence-corrected chi connectivity index (χ1v) is 6.94. The van der Waals surface area contributed by atoms with Crippen LogP contribution in [0.15, 0.2) is 36.4 Å². The Kier molecular flexibility index (Phi) is 5.00. The highest BCUT2D eigenvalue weighted by molar-refractivity contribution is 6.35. The van der Waals surface area contributed by atoms with Crippen LogP contribution in [0.2, 0.25) is 20.1 Å². The molecule has 0 aliphatic carbocycles. The molecule has 2 aromatic rings. The van der Waals surface area contributed by atoms with E-state index in [9.17, 15) is 4.79 Å². The Bertz CT molecular complexity index is 565. The van der Waals surface area contributed by atoms with Gasteiger partial charge in [0.15, 0.2) is 0 Å². The second-order valence-corrected chi connectivity index (χ2v) is 5.64. The molecule has 0 radical (unpaired) electrons. The fraction of sp³-hybridized carbons (Fsp3) is 0. The second kappa shape index (κ2) is 6.55. The van der Waals surface area contributed by atoms with E-state index in [-0.39, 0.29) is 0 Å². The zero-order chi connectivity index (χ0) is 14.7. The molecular formula is C13H8Cl4N2O. The summed E-state index contributed by atoms with van der Waals surface area (Å²) in [5.74, 6) is 0. The number of hydrogen-bond donors (Lipinski definition) is 2. The van der Waals surface area contributed by atoms with Crippen LogP contribution in [-0.2, 0) is 0 Å². The summed E-state index contributed by atoms with van der Waals surface area (Å²) >= 11 is 23.4. The molecular weight excluding hydrogens is 342 g/mol. The van der Waals surface area contributed by atoms with E-state index in [0.717, 1.165) is 0 Å². The molecule has 0 atom stereocenters. The Morgan fingerprint density at radius 2 is 0.950 bits per heavy atom. The van der Waals surface area contributed by atoms with Crippen LogP contribution in [0.1, 0.15) is 0 Å². The van der Waals surface area contributed by atoms with Crippen LogP contribution in [0.25, 0.3) is 0 Å². The Hall–Kier alpha value is -1.13. The topological polar surface area (TPSA) is 41.1 Å². The predicted molar refractivity (Wildman–Crippen MR) is 85.6 cm³/mol. The number of nitrogens with one attached hydrogen (secondary N) is 2. The molecule has 0 aliphatic rings. The number of urea groups is 1. The number of halogens is 4. The van der Waals surface area contributed by atoms with Gasteiger partial charge in [0.2, 0.25) is 0 Å². The predicted octanol–water partition coefficient (Wildman–Crippen LogP) is 5.94. The van der Waals surface area contributed by atoms with Crippen molar-refractivity contribution >= 4 is 63.8 Å². The monoisotopic (exact) mass is 348 g/mol. The van der Waals surface area contributed by atoms with Gasteiger partial charge in [-0.25, -0.2) is 4.79 Å². The molecule has 0 aromatic heterocycles. The van der Waals surface area contributed by atoms with E-state index < -0.39 is 6.03 Å². The lowest BCUT2D eigenvalue weighted by molar-refractivity contribution is 0.262. The van der Waals surface area contributed by atoms with Crippen molar-refractivity contribution in [3.05, 3.63) is 56.5 Å². The number of rotatable bonds is 2. The van der Waals surface area contributed by atoms with E-state index in [0.29, 0.717) is 31.5 Å². The van der Waals surface area contributed by atoms with Gasteiger partial charge in [-0.1, -0.05) is 46.4 Å². The quantitative estimate of drug-likeness (QED) is 0.691. The van der Waals surface area contributed by atoms with Crippen molar-refractivity contribution in [3.63, 3.8) is 0 Å². The third-order valence-electron chi connectivity index (χ3n) is 2.24. The van der Waals surface area contributed by atoms with Crippen molar-refractivity contribution in [2.45, 2.75) is 0 Å². The van der Waals surface area contributed by atoms with Gasteiger partial charge in [-0.3, -0.25) is 0 Å². The van der Waals surface area contributed by atoms with Gasteiger partial charge < -0.3 is 10.6 Å². The number of anilines is 2. The summed E-state index contributed by atoms with van der Waals surface area (Å²) in [5, 5.41) is 6.93. The summed E-state index contributed by atoms with van der Waals surface area (Å²) in [6.45, 7) is 0. The van der Waals surface area contributed by atoms with Crippen LogP contribution in [0, 0.1) is 0 Å². The van der Waals surface area contributed by atoms with E-state index in [1.54, 1.807) is 36.4 Å². The lowest BCUT2D eigenvalue weighted by Gasteiger charge is -2.09. The molecule has 0 unspecified atom stereocenters. The third kappa shape index (κ3) is 4.46. The lowest BCUT2D eigenvalue weighted by Crippen LogP contribution is -2.19. The minimum absolute atomic E-state index is 0.429. The van der Waals surface area contributed by atoms with Crippen LogP contribution in [0.5, 0.6) is 0 Å². The first-order chi connectivity index (χ1) is 9.42. The first-order valence-electron chi connectivity index (χ1n) is 5.42. The Morgan fingerprint density at radius 3 is 1.25 bits per heavy atom. The van der Waals surface area contributed by atoms with Gasteiger partial charge in [0.1, 0.15) is 0 Å². The molecule has 2 rings (SSSR count). The number of hydrogen-bond acceptors (Lipinski definition) is 1. The Balaban J connectivity index is 2.08. The molecule has 2 N–H and O–H groups in total. The molecule has 0 saturated carbocycles. The summed E-state index contributed by atoms with van der Waals surface area (Å²) in [7, 11) is 0. The highest BCUT2D eigenvalue weighted by Crippen LogP contribution is 2.24. The molecule has 0 aliphatic heterocycles. The molecule has 7 heteroatoms. The normalized spacial score (nSPS) is 10.2. The van der Waals surface area contributed by atoms with Crippen LogP contribution < -0.4 is 10.6 Å². The van der Waals surface area contributed by atoms with Gasteiger partial charge in [-0.05, 0) is 36.4 Å². The highest BCUT2D eigenvalue weighted by atomic mass is 35.5. The van der Waals surface area contributed by atoms with Crippen molar-refractivity contribution in [2.75, 3.05) is 10.6 Å². The van der Waals surface area contributed by atoms with Gasteiger partial charge >= 0.3 is 6.03 Å². The maximum absolute atomic E-state index is 11.8. The first kappa shape index (κ1) is 15.3. The van der Waals surface area contributed by atoms with Crippen molar-refractivity contribution < 1.29 is 4.79 Å². The standard InChI is InChI=1S/C13H8Cl4N2O/c14-7-1-8(15)4-11(3-7)18-13(20)19-12-5-9(16)2-10(17)6-12/h1-6H,(H2,18,19,20). The van der Waals surface area contributed by atoms with E-state index in [2.05, 4.69) is 10.6 Å². The van der Waals surface area contributed by atoms with Crippen molar-refractivity contribution in [1.82, 2.24) is 0 Å². The Morgan fingerprint density at radius 1 is 0.650 bits per heavy atom. The minimum Gasteiger partial charge on any atom is -0.308 e. The van der Waals surface area contributed by atoms with Gasteiger partial charge in [-0.2, -0.15) is 0 Å². The summed E-state index contributed by atoms with van der Waals surface area (Å²) in [4.78, 5) is 11.8. The molecule has 0 spiro atoms. The van der Waals surface area contributed by atoms with Crippen LogP contribution in [-0.4, -0.2) is 6.03 Å². The molecule has 2 amide bonds. The van der Waals surface area contributed by atoms with Crippen molar-refractivity contribution in [2.24, 2.45) is 0 Å². The van der Waals surface area contributed by atoms with E-state index in [1.807, 2.05) is 0 Å². The van der Waals surface area contributed by atoms with Crippen LogP contribution >= 0.6 is 46.4 Å². The summed E-state index contributed by atoms with van der Waals surface area (Å²) < 4.78 is 0. The summed E-state index contributed by atoms with van der Waals surface area (Å²) in [5.41, 5.74) is 0.959. The second-order valence-electron chi connectivity index (χ2n) is 3.90. The maximum Gasteiger partial charge on any atom is 0.323 e. The van der Waals surface area contributed by atoms with Crippen LogP contribution in [0.3, 0.4) is 0 Å². The molecule has 20 heavy (non-hydrogen) atoms. The molecule has 3 nitrogen and oxygen atoms in total. The number of amides is 2. The van der Waals surface area contributed by atoms with Gasteiger partial charge in [0.05, 0.1) is 0 Å². The Labute approximate surface area is 135 Å². The minimum atomic E-state index is -0.457. The molecule has 0 fully saturated rings. The molecule has 0 bridgehead atoms. The SMILES string of the molecule is O=C(Nc1cc(Cl)cc(Cl)c1)Nc1cc(Cl)cc(Cl)c1. The highest BCUT2D eigenvalue weighted by Gasteiger charge is 2.06. The summed E-state index contributed by atoms with van der Waals surface area (Å²) in [6.07, 6.45) is 0. The fourth-order valence-corrected chi connectivity index (χ4v) is 2.60. The van der Waals surface area contributed by atoms with Crippen molar-refractivity contribution in [3.8, 4) is 0 Å². The number of benzene rings is 2. The van der Waals surface area contributed by atoms with Crippen molar-refractivity contribution in [1.29, 1.82) is 0 Å². The zero-order valence-corrected chi connectivity index (χ0v) is 12.9. The largest absolute Gasteiger partial charge is 0.323 e. The molecule has 0 saturated heterocycles. The van der Waals surface area contributed by atoms with Crippen LogP contribution in [0.4, 0.5) is 16.2 Å². The summed E-state index contributed by atoms with van der Waals surface area (Å²) in [6, 6.07) is 9.01. The van der Waals surface area contributed by atoms with E-state index >= 15 is 0 Å². The smallest absolute Gasteiger partial charge is 0.308 e. The average Bonchev–Trinajstić information content (AvgIpc) is 2.24. The zero-order valence-electron chi connectivity index (χ0n) is 9.88. The lowest BCUT2D eigenvalue weighted by atomic mass is 10.3. The van der Waals surface area contributed by atoms with Gasteiger partial charge in [0, 0.05) is 31.5 Å². The maximum atomic E-state index is 11.8. The third-order valence-corrected chi connectivity index (χ3v) is 3.11. The molecule has 2 aromatic carbocycles. The number of carbonyl (C=O) groups excluding carboxylic acids is 1. The fourth-order valence-electron chi connectivity index (χ4n) is 1.55. The average molecular weight is 350 g/mol. The molecule has 0 heterocycles. The van der Waals surface area contributed by atoms with E-state index in [4.69, 9.17) is 46.4 Å². The molecule has 104 valence electrons. The van der Waals surface area contributed by atoms with Gasteiger partial charge in [-0.15, -0.1) is 0 Å².